The van der Waals surface area contributed by atoms with E-state index in [0.717, 1.165) is 49.1 Å². The van der Waals surface area contributed by atoms with Crippen molar-refractivity contribution in [3.8, 4) is 0 Å². The van der Waals surface area contributed by atoms with Crippen molar-refractivity contribution >= 4 is 11.7 Å². The topological polar surface area (TPSA) is 55.1 Å². The van der Waals surface area contributed by atoms with Crippen LogP contribution in [-0.4, -0.2) is 11.1 Å². The first-order valence-corrected chi connectivity index (χ1v) is 6.84. The lowest BCUT2D eigenvalue weighted by Gasteiger charge is -2.09. The Morgan fingerprint density at radius 2 is 2.05 bits per heavy atom. The number of rotatable bonds is 3. The van der Waals surface area contributed by atoms with Crippen molar-refractivity contribution in [3.05, 3.63) is 46.7 Å². The number of fused-ring (bicyclic) bond motifs is 1. The first-order chi connectivity index (χ1) is 10.1. The van der Waals surface area contributed by atoms with Crippen LogP contribution in [0.1, 0.15) is 29.7 Å². The monoisotopic (exact) mass is 292 g/mol. The summed E-state index contributed by atoms with van der Waals surface area (Å²) in [5.41, 5.74) is 1.35. The van der Waals surface area contributed by atoms with E-state index in [2.05, 4.69) is 10.5 Å². The van der Waals surface area contributed by atoms with Gasteiger partial charge in [0.25, 0.3) is 0 Å². The molecule has 0 fully saturated rings. The molecule has 1 aromatic carbocycles. The lowest BCUT2D eigenvalue weighted by atomic mass is 9.98. The molecule has 4 nitrogen and oxygen atoms in total. The molecule has 1 aromatic heterocycles. The molecule has 0 aliphatic heterocycles. The van der Waals surface area contributed by atoms with Crippen molar-refractivity contribution in [2.45, 2.75) is 32.1 Å². The minimum atomic E-state index is -0.959. The number of aromatic nitrogens is 1. The van der Waals surface area contributed by atoms with Gasteiger partial charge in [0, 0.05) is 12.0 Å². The summed E-state index contributed by atoms with van der Waals surface area (Å²) in [5, 5.41) is 6.54. The van der Waals surface area contributed by atoms with E-state index in [0.29, 0.717) is 11.4 Å². The third kappa shape index (κ3) is 2.94. The van der Waals surface area contributed by atoms with Gasteiger partial charge in [0.05, 0.1) is 6.42 Å². The Morgan fingerprint density at radius 3 is 2.86 bits per heavy atom. The van der Waals surface area contributed by atoms with Gasteiger partial charge in [-0.2, -0.15) is 0 Å². The van der Waals surface area contributed by atoms with E-state index in [-0.39, 0.29) is 12.3 Å². The number of anilines is 1. The molecule has 0 radical (unpaired) electrons. The van der Waals surface area contributed by atoms with Gasteiger partial charge in [-0.1, -0.05) is 11.2 Å². The SMILES string of the molecule is O=C(Cc1ccc(F)c(F)c1)Nc1noc2c1CCCC2. The minimum absolute atomic E-state index is 0.0428. The maximum atomic E-state index is 13.1. The maximum absolute atomic E-state index is 13.1. The number of carbonyl (C=O) groups excluding carboxylic acids is 1. The van der Waals surface area contributed by atoms with Gasteiger partial charge in [0.15, 0.2) is 17.5 Å². The van der Waals surface area contributed by atoms with Gasteiger partial charge in [0.1, 0.15) is 5.76 Å². The zero-order valence-electron chi connectivity index (χ0n) is 11.3. The van der Waals surface area contributed by atoms with E-state index >= 15 is 0 Å². The molecule has 0 atom stereocenters. The maximum Gasteiger partial charge on any atom is 0.230 e. The van der Waals surface area contributed by atoms with Gasteiger partial charge < -0.3 is 9.84 Å². The van der Waals surface area contributed by atoms with Crippen molar-refractivity contribution in [2.75, 3.05) is 5.32 Å². The van der Waals surface area contributed by atoms with E-state index in [9.17, 15) is 13.6 Å². The molecular weight excluding hydrogens is 278 g/mol. The summed E-state index contributed by atoms with van der Waals surface area (Å²) in [7, 11) is 0. The molecule has 0 unspecified atom stereocenters. The molecule has 1 aliphatic carbocycles. The third-order valence-electron chi connectivity index (χ3n) is 3.56. The average molecular weight is 292 g/mol. The summed E-state index contributed by atoms with van der Waals surface area (Å²) in [4.78, 5) is 12.0. The van der Waals surface area contributed by atoms with Gasteiger partial charge in [-0.15, -0.1) is 0 Å². The second-order valence-corrected chi connectivity index (χ2v) is 5.11. The molecule has 1 heterocycles. The van der Waals surface area contributed by atoms with Crippen LogP contribution in [0.4, 0.5) is 14.6 Å². The highest BCUT2D eigenvalue weighted by Gasteiger charge is 2.20. The predicted molar refractivity (Wildman–Crippen MR) is 71.8 cm³/mol. The molecular formula is C15H14F2N2O2. The predicted octanol–water partition coefficient (Wildman–Crippen LogP) is 3.01. The Bertz CT molecular complexity index is 682. The van der Waals surface area contributed by atoms with Crippen LogP contribution in [-0.2, 0) is 24.1 Å². The lowest BCUT2D eigenvalue weighted by Crippen LogP contribution is -2.16. The standard InChI is InChI=1S/C15H14F2N2O2/c16-11-6-5-9(7-12(11)17)8-14(20)18-15-10-3-1-2-4-13(10)21-19-15/h5-7H,1-4,8H2,(H,18,19,20). The highest BCUT2D eigenvalue weighted by atomic mass is 19.2. The number of aryl methyl sites for hydroxylation is 1. The summed E-state index contributed by atoms with van der Waals surface area (Å²) in [6.45, 7) is 0. The van der Waals surface area contributed by atoms with Gasteiger partial charge in [-0.05, 0) is 37.0 Å². The average Bonchev–Trinajstić information content (AvgIpc) is 2.86. The fraction of sp³-hybridized carbons (Fsp3) is 0.333. The van der Waals surface area contributed by atoms with E-state index < -0.39 is 11.6 Å². The van der Waals surface area contributed by atoms with Crippen LogP contribution in [0.5, 0.6) is 0 Å². The molecule has 3 rings (SSSR count). The molecule has 1 N–H and O–H groups in total. The number of amides is 1. The number of nitrogens with zero attached hydrogens (tertiary/aromatic N) is 1. The van der Waals surface area contributed by atoms with Crippen LogP contribution < -0.4 is 5.32 Å². The first-order valence-electron chi connectivity index (χ1n) is 6.84. The van der Waals surface area contributed by atoms with Crippen molar-refractivity contribution in [2.24, 2.45) is 0 Å². The third-order valence-corrected chi connectivity index (χ3v) is 3.56. The van der Waals surface area contributed by atoms with Gasteiger partial charge in [0.2, 0.25) is 5.91 Å². The normalized spacial score (nSPS) is 13.8. The van der Waals surface area contributed by atoms with E-state index in [4.69, 9.17) is 4.52 Å². The van der Waals surface area contributed by atoms with E-state index in [1.165, 1.54) is 6.07 Å². The molecule has 0 spiro atoms. The fourth-order valence-electron chi connectivity index (χ4n) is 2.49. The van der Waals surface area contributed by atoms with Gasteiger partial charge in [-0.3, -0.25) is 4.79 Å². The molecule has 0 saturated heterocycles. The van der Waals surface area contributed by atoms with Crippen LogP contribution in [0, 0.1) is 11.6 Å². The second kappa shape index (κ2) is 5.63. The smallest absolute Gasteiger partial charge is 0.230 e. The largest absolute Gasteiger partial charge is 0.359 e. The van der Waals surface area contributed by atoms with Crippen molar-refractivity contribution in [1.29, 1.82) is 0 Å². The first kappa shape index (κ1) is 13.7. The Labute approximate surface area is 120 Å². The van der Waals surface area contributed by atoms with Gasteiger partial charge >= 0.3 is 0 Å². The van der Waals surface area contributed by atoms with Crippen molar-refractivity contribution in [1.82, 2.24) is 5.16 Å². The van der Waals surface area contributed by atoms with Crippen LogP contribution in [0.3, 0.4) is 0 Å². The summed E-state index contributed by atoms with van der Waals surface area (Å²) >= 11 is 0. The summed E-state index contributed by atoms with van der Waals surface area (Å²) in [5.74, 6) is -0.951. The molecule has 0 saturated carbocycles. The number of hydrogen-bond donors (Lipinski definition) is 1. The quantitative estimate of drug-likeness (QED) is 0.946. The molecule has 110 valence electrons. The summed E-state index contributed by atoms with van der Waals surface area (Å²) < 4.78 is 31.1. The van der Waals surface area contributed by atoms with Crippen molar-refractivity contribution in [3.63, 3.8) is 0 Å². The number of halogens is 2. The van der Waals surface area contributed by atoms with Crippen LogP contribution in [0.15, 0.2) is 22.7 Å². The zero-order chi connectivity index (χ0) is 14.8. The molecule has 1 aliphatic rings. The van der Waals surface area contributed by atoms with Crippen molar-refractivity contribution < 1.29 is 18.1 Å². The molecule has 1 amide bonds. The summed E-state index contributed by atoms with van der Waals surface area (Å²) in [6, 6.07) is 3.42. The number of hydrogen-bond acceptors (Lipinski definition) is 3. The minimum Gasteiger partial charge on any atom is -0.359 e. The van der Waals surface area contributed by atoms with E-state index in [1.54, 1.807) is 0 Å². The van der Waals surface area contributed by atoms with E-state index in [1.807, 2.05) is 0 Å². The molecule has 21 heavy (non-hydrogen) atoms. The second-order valence-electron chi connectivity index (χ2n) is 5.11. The molecule has 2 aromatic rings. The van der Waals surface area contributed by atoms with Crippen LogP contribution >= 0.6 is 0 Å². The Hall–Kier alpha value is -2.24. The Kier molecular flexibility index (Phi) is 3.68. The summed E-state index contributed by atoms with van der Waals surface area (Å²) in [6.07, 6.45) is 3.73. The molecule has 6 heteroatoms. The fourth-order valence-corrected chi connectivity index (χ4v) is 2.49. The number of carbonyl (C=O) groups is 1. The van der Waals surface area contributed by atoms with Crippen LogP contribution in [0.25, 0.3) is 0 Å². The number of nitrogens with one attached hydrogen (secondary N) is 1. The highest BCUT2D eigenvalue weighted by Crippen LogP contribution is 2.27. The highest BCUT2D eigenvalue weighted by molar-refractivity contribution is 5.92. The Morgan fingerprint density at radius 1 is 1.24 bits per heavy atom. The number of benzene rings is 1. The zero-order valence-corrected chi connectivity index (χ0v) is 11.3. The Balaban J connectivity index is 1.69. The molecule has 0 bridgehead atoms. The lowest BCUT2D eigenvalue weighted by molar-refractivity contribution is -0.115. The van der Waals surface area contributed by atoms with Crippen LogP contribution in [0.2, 0.25) is 0 Å². The van der Waals surface area contributed by atoms with Gasteiger partial charge in [-0.25, -0.2) is 8.78 Å².